The Morgan fingerprint density at radius 1 is 0.972 bits per heavy atom. The van der Waals surface area contributed by atoms with E-state index in [0.717, 1.165) is 24.8 Å². The van der Waals surface area contributed by atoms with Gasteiger partial charge >= 0.3 is 0 Å². The number of hydrogen-bond acceptors (Lipinski definition) is 4. The molecule has 1 aliphatic rings. The van der Waals surface area contributed by atoms with Crippen molar-refractivity contribution in [1.82, 2.24) is 4.90 Å². The Balaban J connectivity index is 1.46. The van der Waals surface area contributed by atoms with Gasteiger partial charge in [-0.3, -0.25) is 9.52 Å². The molecule has 0 saturated carbocycles. The zero-order valence-electron chi connectivity index (χ0n) is 20.7. The van der Waals surface area contributed by atoms with Gasteiger partial charge in [-0.1, -0.05) is 43.7 Å². The zero-order chi connectivity index (χ0) is 25.7. The van der Waals surface area contributed by atoms with E-state index in [2.05, 4.69) is 11.6 Å². The van der Waals surface area contributed by atoms with Gasteiger partial charge in [-0.2, -0.15) is 0 Å². The number of aryl methyl sites for hydroxylation is 2. The Morgan fingerprint density at radius 3 is 2.33 bits per heavy atom. The van der Waals surface area contributed by atoms with Crippen molar-refractivity contribution in [2.75, 3.05) is 35.8 Å². The second-order valence-corrected chi connectivity index (χ2v) is 10.8. The fraction of sp³-hybridized carbons (Fsp3) is 0.321. The van der Waals surface area contributed by atoms with E-state index in [0.29, 0.717) is 48.7 Å². The molecule has 1 fully saturated rings. The molecular formula is C28H32FN3O3S. The first-order chi connectivity index (χ1) is 17.3. The summed E-state index contributed by atoms with van der Waals surface area (Å²) >= 11 is 0. The normalized spacial score (nSPS) is 14.1. The molecule has 190 valence electrons. The van der Waals surface area contributed by atoms with Crippen LogP contribution in [0.1, 0.15) is 41.3 Å². The average Bonchev–Trinajstić information content (AvgIpc) is 2.88. The topological polar surface area (TPSA) is 69.7 Å². The maximum atomic E-state index is 14.1. The highest BCUT2D eigenvalue weighted by atomic mass is 32.2. The summed E-state index contributed by atoms with van der Waals surface area (Å²) in [5.41, 5.74) is 3.23. The molecule has 4 rings (SSSR count). The standard InChI is InChI=1S/C28H32FN3O3S/c1-3-4-7-22-11-13-23(14-12-22)30-36(34,35)24-15-10-21(2)25(20-24)28(33)32-18-16-31(17-19-32)27-9-6-5-8-26(27)29/h5-6,8-15,20,30H,3-4,7,16-19H2,1-2H3. The first kappa shape index (κ1) is 25.7. The predicted molar refractivity (Wildman–Crippen MR) is 142 cm³/mol. The molecule has 1 aliphatic heterocycles. The molecule has 1 N–H and O–H groups in total. The van der Waals surface area contributed by atoms with E-state index in [-0.39, 0.29) is 16.6 Å². The summed E-state index contributed by atoms with van der Waals surface area (Å²) in [6.07, 6.45) is 3.15. The summed E-state index contributed by atoms with van der Waals surface area (Å²) in [5, 5.41) is 0. The fourth-order valence-electron chi connectivity index (χ4n) is 4.36. The van der Waals surface area contributed by atoms with Gasteiger partial charge in [0.25, 0.3) is 15.9 Å². The van der Waals surface area contributed by atoms with Crippen LogP contribution >= 0.6 is 0 Å². The average molecular weight is 510 g/mol. The maximum absolute atomic E-state index is 14.1. The summed E-state index contributed by atoms with van der Waals surface area (Å²) in [6.45, 7) is 5.77. The summed E-state index contributed by atoms with van der Waals surface area (Å²) in [6, 6.07) is 18.6. The largest absolute Gasteiger partial charge is 0.366 e. The minimum atomic E-state index is -3.87. The van der Waals surface area contributed by atoms with Crippen LogP contribution in [0.2, 0.25) is 0 Å². The summed E-state index contributed by atoms with van der Waals surface area (Å²) in [7, 11) is -3.87. The molecular weight excluding hydrogens is 477 g/mol. The number of piperazine rings is 1. The number of unbranched alkanes of at least 4 members (excludes halogenated alkanes) is 1. The minimum absolute atomic E-state index is 0.0384. The minimum Gasteiger partial charge on any atom is -0.366 e. The van der Waals surface area contributed by atoms with E-state index in [1.165, 1.54) is 18.2 Å². The highest BCUT2D eigenvalue weighted by molar-refractivity contribution is 7.92. The van der Waals surface area contributed by atoms with Gasteiger partial charge in [0.1, 0.15) is 5.82 Å². The molecule has 0 bridgehead atoms. The molecule has 1 amide bonds. The lowest BCUT2D eigenvalue weighted by atomic mass is 10.1. The number of anilines is 2. The van der Waals surface area contributed by atoms with Crippen LogP contribution < -0.4 is 9.62 Å². The van der Waals surface area contributed by atoms with Crippen molar-refractivity contribution < 1.29 is 17.6 Å². The zero-order valence-corrected chi connectivity index (χ0v) is 21.5. The fourth-order valence-corrected chi connectivity index (χ4v) is 5.45. The molecule has 36 heavy (non-hydrogen) atoms. The number of para-hydroxylation sites is 1. The number of nitrogens with zero attached hydrogens (tertiary/aromatic N) is 2. The van der Waals surface area contributed by atoms with Crippen LogP contribution in [-0.2, 0) is 16.4 Å². The van der Waals surface area contributed by atoms with Crippen LogP contribution in [-0.4, -0.2) is 45.4 Å². The number of amides is 1. The number of carbonyl (C=O) groups excluding carboxylic acids is 1. The molecule has 1 saturated heterocycles. The van der Waals surface area contributed by atoms with Crippen molar-refractivity contribution in [2.24, 2.45) is 0 Å². The van der Waals surface area contributed by atoms with Crippen LogP contribution in [0.4, 0.5) is 15.8 Å². The van der Waals surface area contributed by atoms with Crippen molar-refractivity contribution >= 4 is 27.3 Å². The van der Waals surface area contributed by atoms with Gasteiger partial charge in [-0.05, 0) is 67.3 Å². The van der Waals surface area contributed by atoms with Gasteiger partial charge in [0.15, 0.2) is 0 Å². The number of sulfonamides is 1. The van der Waals surface area contributed by atoms with Gasteiger partial charge < -0.3 is 9.80 Å². The second kappa shape index (κ2) is 11.1. The van der Waals surface area contributed by atoms with Crippen LogP contribution in [0.15, 0.2) is 71.6 Å². The van der Waals surface area contributed by atoms with Crippen LogP contribution in [0, 0.1) is 12.7 Å². The third-order valence-corrected chi connectivity index (χ3v) is 7.91. The molecule has 3 aromatic carbocycles. The molecule has 8 heteroatoms. The van der Waals surface area contributed by atoms with E-state index in [9.17, 15) is 17.6 Å². The summed E-state index contributed by atoms with van der Waals surface area (Å²) in [4.78, 5) is 17.0. The van der Waals surface area contributed by atoms with Gasteiger partial charge in [-0.15, -0.1) is 0 Å². The highest BCUT2D eigenvalue weighted by Crippen LogP contribution is 2.24. The van der Waals surface area contributed by atoms with Crippen LogP contribution in [0.5, 0.6) is 0 Å². The first-order valence-electron chi connectivity index (χ1n) is 12.3. The maximum Gasteiger partial charge on any atom is 0.261 e. The number of halogens is 1. The Bertz CT molecular complexity index is 1320. The van der Waals surface area contributed by atoms with Crippen molar-refractivity contribution in [3.8, 4) is 0 Å². The number of hydrogen-bond donors (Lipinski definition) is 1. The molecule has 0 radical (unpaired) electrons. The molecule has 0 aliphatic carbocycles. The Kier molecular flexibility index (Phi) is 7.94. The second-order valence-electron chi connectivity index (χ2n) is 9.11. The van der Waals surface area contributed by atoms with Gasteiger partial charge in [-0.25, -0.2) is 12.8 Å². The Labute approximate surface area is 212 Å². The van der Waals surface area contributed by atoms with E-state index >= 15 is 0 Å². The van der Waals surface area contributed by atoms with Crippen molar-refractivity contribution in [3.63, 3.8) is 0 Å². The molecule has 0 aromatic heterocycles. The van der Waals surface area contributed by atoms with E-state index in [4.69, 9.17) is 0 Å². The smallest absolute Gasteiger partial charge is 0.261 e. The van der Waals surface area contributed by atoms with Gasteiger partial charge in [0.2, 0.25) is 0 Å². The van der Waals surface area contributed by atoms with E-state index in [1.54, 1.807) is 48.2 Å². The third-order valence-electron chi connectivity index (χ3n) is 6.53. The van der Waals surface area contributed by atoms with Crippen LogP contribution in [0.25, 0.3) is 0 Å². The predicted octanol–water partition coefficient (Wildman–Crippen LogP) is 5.24. The summed E-state index contributed by atoms with van der Waals surface area (Å²) < 4.78 is 42.9. The Hall–Kier alpha value is -3.39. The number of carbonyl (C=O) groups is 1. The highest BCUT2D eigenvalue weighted by Gasteiger charge is 2.26. The summed E-state index contributed by atoms with van der Waals surface area (Å²) in [5.74, 6) is -0.507. The molecule has 3 aromatic rings. The van der Waals surface area contributed by atoms with Crippen LogP contribution in [0.3, 0.4) is 0 Å². The van der Waals surface area contributed by atoms with Crippen molar-refractivity contribution in [1.29, 1.82) is 0 Å². The Morgan fingerprint density at radius 2 is 1.67 bits per heavy atom. The lowest BCUT2D eigenvalue weighted by Gasteiger charge is -2.36. The number of rotatable bonds is 8. The molecule has 0 atom stereocenters. The number of benzene rings is 3. The SMILES string of the molecule is CCCCc1ccc(NS(=O)(=O)c2ccc(C)c(C(=O)N3CCN(c4ccccc4F)CC3)c2)cc1. The van der Waals surface area contributed by atoms with E-state index in [1.807, 2.05) is 17.0 Å². The first-order valence-corrected chi connectivity index (χ1v) is 13.8. The van der Waals surface area contributed by atoms with Gasteiger partial charge in [0, 0.05) is 37.4 Å². The lowest BCUT2D eigenvalue weighted by Crippen LogP contribution is -2.49. The molecule has 0 spiro atoms. The lowest BCUT2D eigenvalue weighted by molar-refractivity contribution is 0.0745. The van der Waals surface area contributed by atoms with Crippen molar-refractivity contribution in [3.05, 3.63) is 89.2 Å². The quantitative estimate of drug-likeness (QED) is 0.451. The number of nitrogens with one attached hydrogen (secondary N) is 1. The monoisotopic (exact) mass is 509 g/mol. The van der Waals surface area contributed by atoms with Gasteiger partial charge in [0.05, 0.1) is 10.6 Å². The third kappa shape index (κ3) is 5.87. The molecule has 0 unspecified atom stereocenters. The van der Waals surface area contributed by atoms with Crippen molar-refractivity contribution in [2.45, 2.75) is 38.0 Å². The molecule has 1 heterocycles. The molecule has 6 nitrogen and oxygen atoms in total. The van der Waals surface area contributed by atoms with E-state index < -0.39 is 10.0 Å².